The first kappa shape index (κ1) is 16.7. The standard InChI is InChI=1S/C21H13FN2O3/c22-15-8-10-16(11-9-15)24-20(26)18(19(25)23-21(24)27)12-14-6-3-5-13-4-1-2-7-17(13)14/h1-12H,(H,23,25,27)/b18-12+. The van der Waals surface area contributed by atoms with Crippen molar-refractivity contribution in [3.05, 3.63) is 83.7 Å². The number of carbonyl (C=O) groups excluding carboxylic acids is 3. The number of amides is 4. The van der Waals surface area contributed by atoms with Crippen molar-refractivity contribution in [1.29, 1.82) is 0 Å². The van der Waals surface area contributed by atoms with Crippen molar-refractivity contribution in [2.24, 2.45) is 0 Å². The summed E-state index contributed by atoms with van der Waals surface area (Å²) < 4.78 is 13.2. The van der Waals surface area contributed by atoms with Crippen LogP contribution in [0.25, 0.3) is 16.8 Å². The van der Waals surface area contributed by atoms with E-state index in [2.05, 4.69) is 5.32 Å². The summed E-state index contributed by atoms with van der Waals surface area (Å²) in [5.74, 6) is -2.02. The van der Waals surface area contributed by atoms with Crippen molar-refractivity contribution in [3.63, 3.8) is 0 Å². The fraction of sp³-hybridized carbons (Fsp3) is 0. The zero-order valence-corrected chi connectivity index (χ0v) is 14.0. The fourth-order valence-electron chi connectivity index (χ4n) is 3.01. The van der Waals surface area contributed by atoms with Gasteiger partial charge in [0.2, 0.25) is 0 Å². The number of imide groups is 2. The quantitative estimate of drug-likeness (QED) is 0.560. The molecule has 1 saturated heterocycles. The normalized spacial score (nSPS) is 16.1. The van der Waals surface area contributed by atoms with Gasteiger partial charge in [0.15, 0.2) is 0 Å². The van der Waals surface area contributed by atoms with Gasteiger partial charge in [-0.15, -0.1) is 0 Å². The van der Waals surface area contributed by atoms with Crippen molar-refractivity contribution in [3.8, 4) is 0 Å². The molecule has 0 radical (unpaired) electrons. The van der Waals surface area contributed by atoms with Crippen LogP contribution in [0.3, 0.4) is 0 Å². The van der Waals surface area contributed by atoms with E-state index in [1.165, 1.54) is 18.2 Å². The predicted octanol–water partition coefficient (Wildman–Crippen LogP) is 3.65. The third kappa shape index (κ3) is 2.97. The minimum Gasteiger partial charge on any atom is -0.273 e. The molecule has 1 aliphatic heterocycles. The van der Waals surface area contributed by atoms with Crippen LogP contribution in [-0.4, -0.2) is 17.8 Å². The second kappa shape index (κ2) is 6.49. The van der Waals surface area contributed by atoms with Crippen LogP contribution in [0.1, 0.15) is 5.56 Å². The van der Waals surface area contributed by atoms with Gasteiger partial charge in [-0.25, -0.2) is 14.1 Å². The number of carbonyl (C=O) groups is 3. The third-order valence-electron chi connectivity index (χ3n) is 4.31. The maximum atomic E-state index is 13.2. The van der Waals surface area contributed by atoms with Gasteiger partial charge in [-0.3, -0.25) is 14.9 Å². The number of halogens is 1. The lowest BCUT2D eigenvalue weighted by Gasteiger charge is -2.26. The molecule has 4 rings (SSSR count). The van der Waals surface area contributed by atoms with E-state index in [0.29, 0.717) is 5.56 Å². The molecule has 132 valence electrons. The summed E-state index contributed by atoms with van der Waals surface area (Å²) in [6, 6.07) is 17.1. The van der Waals surface area contributed by atoms with Gasteiger partial charge in [0.1, 0.15) is 11.4 Å². The van der Waals surface area contributed by atoms with E-state index in [1.54, 1.807) is 6.07 Å². The maximum absolute atomic E-state index is 13.2. The number of nitrogens with one attached hydrogen (secondary N) is 1. The third-order valence-corrected chi connectivity index (χ3v) is 4.31. The van der Waals surface area contributed by atoms with E-state index in [4.69, 9.17) is 0 Å². The first-order valence-corrected chi connectivity index (χ1v) is 8.19. The monoisotopic (exact) mass is 360 g/mol. The average molecular weight is 360 g/mol. The predicted molar refractivity (Wildman–Crippen MR) is 99.3 cm³/mol. The van der Waals surface area contributed by atoms with Crippen molar-refractivity contribution in [1.82, 2.24) is 5.32 Å². The van der Waals surface area contributed by atoms with Crippen LogP contribution in [0, 0.1) is 5.82 Å². The number of hydrogen-bond acceptors (Lipinski definition) is 3. The molecule has 0 atom stereocenters. The number of nitrogens with zero attached hydrogens (tertiary/aromatic N) is 1. The Morgan fingerprint density at radius 3 is 2.33 bits per heavy atom. The summed E-state index contributed by atoms with van der Waals surface area (Å²) in [7, 11) is 0. The molecule has 1 aliphatic rings. The molecule has 0 saturated carbocycles. The highest BCUT2D eigenvalue weighted by molar-refractivity contribution is 6.39. The number of anilines is 1. The van der Waals surface area contributed by atoms with Crippen molar-refractivity contribution in [2.45, 2.75) is 0 Å². The highest BCUT2D eigenvalue weighted by atomic mass is 19.1. The minimum atomic E-state index is -0.869. The molecule has 1 N–H and O–H groups in total. The number of urea groups is 1. The smallest absolute Gasteiger partial charge is 0.273 e. The Kier molecular flexibility index (Phi) is 4.01. The average Bonchev–Trinajstić information content (AvgIpc) is 2.66. The van der Waals surface area contributed by atoms with Crippen molar-refractivity contribution in [2.75, 3.05) is 4.90 Å². The topological polar surface area (TPSA) is 66.5 Å². The Morgan fingerprint density at radius 1 is 0.852 bits per heavy atom. The number of fused-ring (bicyclic) bond motifs is 1. The molecule has 27 heavy (non-hydrogen) atoms. The summed E-state index contributed by atoms with van der Waals surface area (Å²) in [6.45, 7) is 0. The highest BCUT2D eigenvalue weighted by Crippen LogP contribution is 2.25. The van der Waals surface area contributed by atoms with E-state index >= 15 is 0 Å². The molecule has 0 aromatic heterocycles. The van der Waals surface area contributed by atoms with Gasteiger partial charge in [0, 0.05) is 0 Å². The van der Waals surface area contributed by atoms with Gasteiger partial charge < -0.3 is 0 Å². The lowest BCUT2D eigenvalue weighted by molar-refractivity contribution is -0.122. The molecule has 1 heterocycles. The number of rotatable bonds is 2. The molecule has 0 unspecified atom stereocenters. The SMILES string of the molecule is O=C1NC(=O)N(c2ccc(F)cc2)C(=O)/C1=C/c1cccc2ccccc12. The van der Waals surface area contributed by atoms with Gasteiger partial charge >= 0.3 is 6.03 Å². The second-order valence-corrected chi connectivity index (χ2v) is 6.00. The van der Waals surface area contributed by atoms with Crippen molar-refractivity contribution >= 4 is 40.4 Å². The Balaban J connectivity index is 1.80. The van der Waals surface area contributed by atoms with E-state index in [0.717, 1.165) is 27.8 Å². The van der Waals surface area contributed by atoms with Gasteiger partial charge in [-0.1, -0.05) is 42.5 Å². The lowest BCUT2D eigenvalue weighted by Crippen LogP contribution is -2.54. The second-order valence-electron chi connectivity index (χ2n) is 6.00. The summed E-state index contributed by atoms with van der Waals surface area (Å²) >= 11 is 0. The van der Waals surface area contributed by atoms with E-state index in [1.807, 2.05) is 36.4 Å². The van der Waals surface area contributed by atoms with Gasteiger partial charge in [-0.05, 0) is 46.7 Å². The first-order chi connectivity index (χ1) is 13.0. The summed E-state index contributed by atoms with van der Waals surface area (Å²) in [4.78, 5) is 38.1. The van der Waals surface area contributed by atoms with Crippen LogP contribution in [0.15, 0.2) is 72.3 Å². The Morgan fingerprint density at radius 2 is 1.56 bits per heavy atom. The fourth-order valence-corrected chi connectivity index (χ4v) is 3.01. The van der Waals surface area contributed by atoms with Gasteiger partial charge in [0.25, 0.3) is 11.8 Å². The Labute approximate surface area is 153 Å². The van der Waals surface area contributed by atoms with Crippen LogP contribution in [-0.2, 0) is 9.59 Å². The molecular formula is C21H13FN2O3. The molecule has 0 aliphatic carbocycles. The van der Waals surface area contributed by atoms with Crippen molar-refractivity contribution < 1.29 is 18.8 Å². The molecule has 4 amide bonds. The van der Waals surface area contributed by atoms with E-state index < -0.39 is 23.7 Å². The van der Waals surface area contributed by atoms with Crippen LogP contribution >= 0.6 is 0 Å². The molecular weight excluding hydrogens is 347 g/mol. The zero-order chi connectivity index (χ0) is 19.0. The van der Waals surface area contributed by atoms with E-state index in [9.17, 15) is 18.8 Å². The minimum absolute atomic E-state index is 0.171. The Bertz CT molecular complexity index is 1110. The molecule has 6 heteroatoms. The number of barbiturate groups is 1. The highest BCUT2D eigenvalue weighted by Gasteiger charge is 2.36. The van der Waals surface area contributed by atoms with Crippen LogP contribution in [0.4, 0.5) is 14.9 Å². The molecule has 0 bridgehead atoms. The summed E-state index contributed by atoms with van der Waals surface area (Å²) in [5.41, 5.74) is 0.686. The molecule has 5 nitrogen and oxygen atoms in total. The van der Waals surface area contributed by atoms with Gasteiger partial charge in [-0.2, -0.15) is 0 Å². The lowest BCUT2D eigenvalue weighted by atomic mass is 10.0. The van der Waals surface area contributed by atoms with Crippen LogP contribution < -0.4 is 10.2 Å². The number of hydrogen-bond donors (Lipinski definition) is 1. The molecule has 1 fully saturated rings. The zero-order valence-electron chi connectivity index (χ0n) is 14.0. The Hall–Kier alpha value is -3.80. The molecule has 3 aromatic carbocycles. The van der Waals surface area contributed by atoms with E-state index in [-0.39, 0.29) is 11.3 Å². The summed E-state index contributed by atoms with van der Waals surface area (Å²) in [6.07, 6.45) is 1.46. The van der Waals surface area contributed by atoms with Crippen LogP contribution in [0.5, 0.6) is 0 Å². The number of benzene rings is 3. The van der Waals surface area contributed by atoms with Crippen LogP contribution in [0.2, 0.25) is 0 Å². The maximum Gasteiger partial charge on any atom is 0.335 e. The molecule has 0 spiro atoms. The first-order valence-electron chi connectivity index (χ1n) is 8.19. The largest absolute Gasteiger partial charge is 0.335 e. The van der Waals surface area contributed by atoms with Gasteiger partial charge in [0.05, 0.1) is 5.69 Å². The molecule has 3 aromatic rings. The summed E-state index contributed by atoms with van der Waals surface area (Å²) in [5, 5.41) is 3.99.